The highest BCUT2D eigenvalue weighted by Gasteiger charge is 2.15. The first-order valence-electron chi connectivity index (χ1n) is 2.76. The summed E-state index contributed by atoms with van der Waals surface area (Å²) in [5.74, 6) is 0.208. The molecule has 0 radical (unpaired) electrons. The third kappa shape index (κ3) is 0.735. The Kier molecular flexibility index (Phi) is 1.33. The van der Waals surface area contributed by atoms with Crippen LogP contribution in [0.4, 0.5) is 0 Å². The second-order valence-electron chi connectivity index (χ2n) is 1.87. The van der Waals surface area contributed by atoms with Crippen LogP contribution in [0.5, 0.6) is 0 Å². The number of hydrogen-bond acceptors (Lipinski definition) is 1. The second-order valence-corrected chi connectivity index (χ2v) is 1.87. The van der Waals surface area contributed by atoms with Gasteiger partial charge in [-0.05, 0) is 12.6 Å². The third-order valence-electron chi connectivity index (χ3n) is 1.33. The van der Waals surface area contributed by atoms with Crippen LogP contribution in [0, 0.1) is 0 Å². The van der Waals surface area contributed by atoms with E-state index in [4.69, 9.17) is 0 Å². The molecule has 2 nitrogen and oxygen atoms in total. The summed E-state index contributed by atoms with van der Waals surface area (Å²) >= 11 is 0. The molecule has 0 aromatic rings. The standard InChI is InChI=1S/C6H9NO/c1-2-7-5-3-4-6(7)8/h2H,1,3-5H2/p+1. The van der Waals surface area contributed by atoms with E-state index in [0.29, 0.717) is 6.42 Å². The minimum Gasteiger partial charge on any atom is -0.320 e. The molecule has 1 amide bonds. The molecule has 0 saturated carbocycles. The Labute approximate surface area is 50.3 Å². The van der Waals surface area contributed by atoms with Crippen molar-refractivity contribution in [1.82, 2.24) is 4.90 Å². The van der Waals surface area contributed by atoms with Gasteiger partial charge in [0, 0.05) is 13.0 Å². The van der Waals surface area contributed by atoms with Gasteiger partial charge < -0.3 is 4.90 Å². The molecule has 0 spiro atoms. The average Bonchev–Trinajstić information content (AvgIpc) is 2.14. The van der Waals surface area contributed by atoms with E-state index in [1.807, 2.05) is 0 Å². The molecule has 1 aliphatic rings. The minimum atomic E-state index is 0. The van der Waals surface area contributed by atoms with Crippen molar-refractivity contribution in [2.45, 2.75) is 12.8 Å². The van der Waals surface area contributed by atoms with Gasteiger partial charge in [0.2, 0.25) is 5.91 Å². The van der Waals surface area contributed by atoms with E-state index >= 15 is 0 Å². The van der Waals surface area contributed by atoms with Crippen LogP contribution in [0.3, 0.4) is 0 Å². The van der Waals surface area contributed by atoms with Crippen LogP contribution in [-0.4, -0.2) is 17.4 Å². The van der Waals surface area contributed by atoms with Gasteiger partial charge in [0.25, 0.3) is 0 Å². The molecule has 1 saturated heterocycles. The van der Waals surface area contributed by atoms with Crippen LogP contribution < -0.4 is 0 Å². The molecule has 0 aromatic heterocycles. The predicted molar refractivity (Wildman–Crippen MR) is 32.3 cm³/mol. The average molecular weight is 112 g/mol. The van der Waals surface area contributed by atoms with E-state index in [1.165, 1.54) is 0 Å². The summed E-state index contributed by atoms with van der Waals surface area (Å²) in [6.45, 7) is 4.36. The topological polar surface area (TPSA) is 20.3 Å². The fraction of sp³-hybridized carbons (Fsp3) is 0.500. The Bertz CT molecular complexity index is 124. The van der Waals surface area contributed by atoms with Crippen molar-refractivity contribution in [1.29, 1.82) is 0 Å². The molecule has 0 aromatic carbocycles. The van der Waals surface area contributed by atoms with Gasteiger partial charge in [-0.1, -0.05) is 6.58 Å². The Morgan fingerprint density at radius 2 is 2.62 bits per heavy atom. The Morgan fingerprint density at radius 1 is 1.88 bits per heavy atom. The minimum absolute atomic E-state index is 0. The highest BCUT2D eigenvalue weighted by molar-refractivity contribution is 5.78. The van der Waals surface area contributed by atoms with Crippen molar-refractivity contribution < 1.29 is 6.22 Å². The first-order valence-corrected chi connectivity index (χ1v) is 2.76. The number of hydrogen-bond donors (Lipinski definition) is 0. The quantitative estimate of drug-likeness (QED) is 0.492. The summed E-state index contributed by atoms with van der Waals surface area (Å²) in [6.07, 6.45) is 3.28. The molecule has 0 aliphatic carbocycles. The number of rotatable bonds is 1. The summed E-state index contributed by atoms with van der Waals surface area (Å²) in [4.78, 5) is 12.3. The number of likely N-dealkylation sites (tertiary alicyclic amines) is 1. The molecule has 1 fully saturated rings. The summed E-state index contributed by atoms with van der Waals surface area (Å²) in [5, 5.41) is 0. The maximum absolute atomic E-state index is 10.7. The largest absolute Gasteiger partial charge is 1.00 e. The van der Waals surface area contributed by atoms with Crippen LogP contribution in [0.25, 0.3) is 0 Å². The Hall–Kier alpha value is -0.790. The van der Waals surface area contributed by atoms with Gasteiger partial charge in [-0.2, -0.15) is 0 Å². The van der Waals surface area contributed by atoms with E-state index < -0.39 is 0 Å². The highest BCUT2D eigenvalue weighted by Crippen LogP contribution is 2.08. The smallest absolute Gasteiger partial charge is 0.320 e. The molecule has 0 atom stereocenters. The highest BCUT2D eigenvalue weighted by atomic mass is 16.2. The van der Waals surface area contributed by atoms with Crippen LogP contribution in [0.15, 0.2) is 12.8 Å². The third-order valence-corrected chi connectivity index (χ3v) is 1.33. The van der Waals surface area contributed by atoms with Gasteiger partial charge in [-0.25, -0.2) is 0 Å². The number of nitrogens with zero attached hydrogens (tertiary/aromatic N) is 1. The maximum atomic E-state index is 10.7. The van der Waals surface area contributed by atoms with Crippen LogP contribution >= 0.6 is 0 Å². The zero-order valence-electron chi connectivity index (χ0n) is 5.76. The predicted octanol–water partition coefficient (Wildman–Crippen LogP) is 0.865. The molecule has 1 rings (SSSR count). The summed E-state index contributed by atoms with van der Waals surface area (Å²) in [5.41, 5.74) is 0. The van der Waals surface area contributed by atoms with E-state index in [9.17, 15) is 4.79 Å². The summed E-state index contributed by atoms with van der Waals surface area (Å²) in [7, 11) is 0. The van der Waals surface area contributed by atoms with Crippen molar-refractivity contribution in [2.24, 2.45) is 0 Å². The van der Waals surface area contributed by atoms with Crippen LogP contribution in [-0.2, 0) is 4.79 Å². The molecule has 0 N–H and O–H groups in total. The van der Waals surface area contributed by atoms with Gasteiger partial charge >= 0.3 is 1.43 Å². The van der Waals surface area contributed by atoms with Gasteiger partial charge in [-0.15, -0.1) is 0 Å². The van der Waals surface area contributed by atoms with Gasteiger partial charge in [-0.3, -0.25) is 4.79 Å². The second kappa shape index (κ2) is 1.99. The van der Waals surface area contributed by atoms with Crippen molar-refractivity contribution in [2.75, 3.05) is 6.54 Å². The number of carbonyl (C=O) groups is 1. The molecule has 0 unspecified atom stereocenters. The summed E-state index contributed by atoms with van der Waals surface area (Å²) < 4.78 is 0. The van der Waals surface area contributed by atoms with E-state index in [1.54, 1.807) is 11.1 Å². The molecular formula is C6H10NO+. The fourth-order valence-corrected chi connectivity index (χ4v) is 0.862. The van der Waals surface area contributed by atoms with E-state index in [0.717, 1.165) is 13.0 Å². The first-order chi connectivity index (χ1) is 3.84. The zero-order chi connectivity index (χ0) is 5.98. The van der Waals surface area contributed by atoms with Crippen molar-refractivity contribution in [3.05, 3.63) is 12.8 Å². The maximum Gasteiger partial charge on any atom is 1.00 e. The molecule has 44 valence electrons. The number of amides is 1. The Morgan fingerprint density at radius 3 is 2.88 bits per heavy atom. The monoisotopic (exact) mass is 112 g/mol. The molecule has 8 heavy (non-hydrogen) atoms. The molecule has 1 aliphatic heterocycles. The lowest BCUT2D eigenvalue weighted by Crippen LogP contribution is -2.16. The zero-order valence-corrected chi connectivity index (χ0v) is 4.76. The van der Waals surface area contributed by atoms with Crippen LogP contribution in [0.2, 0.25) is 0 Å². The van der Waals surface area contributed by atoms with Gasteiger partial charge in [0.05, 0.1) is 0 Å². The lowest BCUT2D eigenvalue weighted by molar-refractivity contribution is -0.125. The number of carbonyl (C=O) groups excluding carboxylic acids is 1. The normalized spacial score (nSPS) is 19.5. The van der Waals surface area contributed by atoms with Crippen molar-refractivity contribution >= 4 is 5.91 Å². The lowest BCUT2D eigenvalue weighted by atomic mass is 10.4. The van der Waals surface area contributed by atoms with Crippen molar-refractivity contribution in [3.8, 4) is 0 Å². The molecule has 1 heterocycles. The lowest BCUT2D eigenvalue weighted by Gasteiger charge is -2.05. The molecule has 0 bridgehead atoms. The molecule has 2 heteroatoms. The molecular weight excluding hydrogens is 102 g/mol. The van der Waals surface area contributed by atoms with Crippen molar-refractivity contribution in [3.63, 3.8) is 0 Å². The van der Waals surface area contributed by atoms with Gasteiger partial charge in [0.15, 0.2) is 0 Å². The Balaban J connectivity index is 0.000000640. The van der Waals surface area contributed by atoms with Crippen LogP contribution in [0.1, 0.15) is 14.3 Å². The summed E-state index contributed by atoms with van der Waals surface area (Å²) in [6, 6.07) is 0. The van der Waals surface area contributed by atoms with E-state index in [-0.39, 0.29) is 7.33 Å². The van der Waals surface area contributed by atoms with E-state index in [2.05, 4.69) is 6.58 Å². The first kappa shape index (κ1) is 5.35. The fourth-order valence-electron chi connectivity index (χ4n) is 0.862. The SMILES string of the molecule is C=CN1CCCC1=O.[H+]. The van der Waals surface area contributed by atoms with Gasteiger partial charge in [0.1, 0.15) is 0 Å².